The summed E-state index contributed by atoms with van der Waals surface area (Å²) in [7, 11) is 0. The van der Waals surface area contributed by atoms with Crippen LogP contribution in [0.3, 0.4) is 0 Å². The summed E-state index contributed by atoms with van der Waals surface area (Å²) in [6, 6.07) is 11.4. The van der Waals surface area contributed by atoms with Crippen LogP contribution in [0.1, 0.15) is 28.9 Å². The van der Waals surface area contributed by atoms with Gasteiger partial charge in [0.2, 0.25) is 0 Å². The van der Waals surface area contributed by atoms with Gasteiger partial charge in [-0.25, -0.2) is 0 Å². The number of rotatable bonds is 4. The molecule has 1 atom stereocenters. The highest BCUT2D eigenvalue weighted by atomic mass is 16.1. The quantitative estimate of drug-likeness (QED) is 0.805. The Bertz CT molecular complexity index is 665. The Morgan fingerprint density at radius 3 is 2.91 bits per heavy atom. The van der Waals surface area contributed by atoms with E-state index in [0.29, 0.717) is 11.4 Å². The van der Waals surface area contributed by atoms with Crippen LogP contribution in [0.4, 0.5) is 11.5 Å². The van der Waals surface area contributed by atoms with Crippen molar-refractivity contribution in [2.45, 2.75) is 25.8 Å². The van der Waals surface area contributed by atoms with Crippen LogP contribution >= 0.6 is 0 Å². The van der Waals surface area contributed by atoms with Gasteiger partial charge in [0.15, 0.2) is 5.82 Å². The molecule has 3 N–H and O–H groups in total. The first-order valence-electron chi connectivity index (χ1n) is 7.90. The number of hydrogen-bond acceptors (Lipinski definition) is 5. The molecule has 0 saturated carbocycles. The number of amides is 1. The van der Waals surface area contributed by atoms with Crippen molar-refractivity contribution in [3.63, 3.8) is 0 Å². The lowest BCUT2D eigenvalue weighted by atomic mass is 10.1. The number of aromatic nitrogens is 2. The molecule has 0 unspecified atom stereocenters. The molecule has 0 radical (unpaired) electrons. The molecule has 23 heavy (non-hydrogen) atoms. The molecule has 2 aromatic rings. The lowest BCUT2D eigenvalue weighted by Crippen LogP contribution is -2.45. The summed E-state index contributed by atoms with van der Waals surface area (Å²) in [5, 5.41) is 17.6. The third-order valence-electron chi connectivity index (χ3n) is 3.83. The lowest BCUT2D eigenvalue weighted by Gasteiger charge is -2.23. The summed E-state index contributed by atoms with van der Waals surface area (Å²) >= 11 is 0. The number of nitrogens with one attached hydrogen (secondary N) is 3. The predicted molar refractivity (Wildman–Crippen MR) is 89.9 cm³/mol. The molecule has 1 aromatic carbocycles. The molecule has 0 bridgehead atoms. The van der Waals surface area contributed by atoms with Gasteiger partial charge in [0.1, 0.15) is 0 Å². The molecule has 1 aromatic heterocycles. The topological polar surface area (TPSA) is 78.9 Å². The first-order chi connectivity index (χ1) is 11.2. The summed E-state index contributed by atoms with van der Waals surface area (Å²) in [6.07, 6.45) is 2.12. The van der Waals surface area contributed by atoms with E-state index in [2.05, 4.69) is 26.1 Å². The fourth-order valence-corrected chi connectivity index (χ4v) is 2.60. The van der Waals surface area contributed by atoms with Crippen LogP contribution in [0, 0.1) is 6.92 Å². The first-order valence-corrected chi connectivity index (χ1v) is 7.90. The predicted octanol–water partition coefficient (Wildman–Crippen LogP) is 2.01. The Balaban J connectivity index is 1.66. The third-order valence-corrected chi connectivity index (χ3v) is 3.83. The number of hydrogen-bond donors (Lipinski definition) is 3. The Morgan fingerprint density at radius 2 is 2.17 bits per heavy atom. The number of piperidine rings is 1. The van der Waals surface area contributed by atoms with Crippen LogP contribution < -0.4 is 16.0 Å². The van der Waals surface area contributed by atoms with Crippen molar-refractivity contribution < 1.29 is 4.79 Å². The van der Waals surface area contributed by atoms with E-state index < -0.39 is 0 Å². The van der Waals surface area contributed by atoms with Gasteiger partial charge in [-0.2, -0.15) is 5.10 Å². The largest absolute Gasteiger partial charge is 0.348 e. The van der Waals surface area contributed by atoms with Crippen LogP contribution in [-0.4, -0.2) is 35.2 Å². The highest BCUT2D eigenvalue weighted by molar-refractivity contribution is 5.95. The molecule has 1 saturated heterocycles. The van der Waals surface area contributed by atoms with Crippen LogP contribution in [-0.2, 0) is 0 Å². The lowest BCUT2D eigenvalue weighted by molar-refractivity contribution is 0.0930. The van der Waals surface area contributed by atoms with Crippen molar-refractivity contribution in [1.29, 1.82) is 0 Å². The summed E-state index contributed by atoms with van der Waals surface area (Å²) in [4.78, 5) is 12.4. The van der Waals surface area contributed by atoms with Gasteiger partial charge in [-0.1, -0.05) is 6.07 Å². The Hall–Kier alpha value is -2.47. The molecule has 1 aliphatic heterocycles. The maximum absolute atomic E-state index is 12.4. The molecule has 1 fully saturated rings. The van der Waals surface area contributed by atoms with E-state index >= 15 is 0 Å². The summed E-state index contributed by atoms with van der Waals surface area (Å²) in [5.41, 5.74) is 2.32. The van der Waals surface area contributed by atoms with Crippen molar-refractivity contribution in [2.75, 3.05) is 18.4 Å². The maximum Gasteiger partial charge on any atom is 0.251 e. The fraction of sp³-hybridized carbons (Fsp3) is 0.353. The van der Waals surface area contributed by atoms with Crippen molar-refractivity contribution in [1.82, 2.24) is 20.8 Å². The van der Waals surface area contributed by atoms with Gasteiger partial charge < -0.3 is 16.0 Å². The van der Waals surface area contributed by atoms with Gasteiger partial charge in [-0.3, -0.25) is 4.79 Å². The average Bonchev–Trinajstić information content (AvgIpc) is 2.58. The minimum Gasteiger partial charge on any atom is -0.348 e. The highest BCUT2D eigenvalue weighted by Crippen LogP contribution is 2.16. The van der Waals surface area contributed by atoms with Gasteiger partial charge in [0, 0.05) is 23.8 Å². The molecule has 6 nitrogen and oxygen atoms in total. The van der Waals surface area contributed by atoms with Gasteiger partial charge >= 0.3 is 0 Å². The van der Waals surface area contributed by atoms with Crippen molar-refractivity contribution >= 4 is 17.4 Å². The number of carbonyl (C=O) groups is 1. The summed E-state index contributed by atoms with van der Waals surface area (Å²) < 4.78 is 0. The van der Waals surface area contributed by atoms with E-state index in [9.17, 15) is 4.79 Å². The van der Waals surface area contributed by atoms with Crippen molar-refractivity contribution in [3.8, 4) is 0 Å². The van der Waals surface area contributed by atoms with Crippen LogP contribution in [0.2, 0.25) is 0 Å². The number of benzene rings is 1. The molecule has 1 amide bonds. The van der Waals surface area contributed by atoms with Crippen molar-refractivity contribution in [3.05, 3.63) is 47.7 Å². The SMILES string of the molecule is Cc1ccc(Nc2cccc(C(=O)N[C@H]3CCCNC3)c2)nn1. The Kier molecular flexibility index (Phi) is 4.83. The zero-order valence-corrected chi connectivity index (χ0v) is 13.2. The molecular formula is C17H21N5O. The monoisotopic (exact) mass is 311 g/mol. The number of anilines is 2. The molecule has 0 spiro atoms. The average molecular weight is 311 g/mol. The second-order valence-electron chi connectivity index (χ2n) is 5.78. The highest BCUT2D eigenvalue weighted by Gasteiger charge is 2.16. The standard InChI is InChI=1S/C17H21N5O/c1-12-7-8-16(22-21-12)19-14-5-2-4-13(10-14)17(23)20-15-6-3-9-18-11-15/h2,4-5,7-8,10,15,18H,3,6,9,11H2,1H3,(H,19,22)(H,20,23)/t15-/m0/s1. The molecule has 2 heterocycles. The first kappa shape index (κ1) is 15.4. The number of nitrogens with zero attached hydrogens (tertiary/aromatic N) is 2. The van der Waals surface area contributed by atoms with Gasteiger partial charge in [0.05, 0.1) is 5.69 Å². The summed E-state index contributed by atoms with van der Waals surface area (Å²) in [6.45, 7) is 3.76. The minimum atomic E-state index is -0.0441. The smallest absolute Gasteiger partial charge is 0.251 e. The molecule has 6 heteroatoms. The molecule has 3 rings (SSSR count). The van der Waals surface area contributed by atoms with Crippen LogP contribution in [0.15, 0.2) is 36.4 Å². The zero-order valence-electron chi connectivity index (χ0n) is 13.2. The van der Waals surface area contributed by atoms with Gasteiger partial charge in [-0.15, -0.1) is 5.10 Å². The van der Waals surface area contributed by atoms with Crippen LogP contribution in [0.25, 0.3) is 0 Å². The second kappa shape index (κ2) is 7.19. The second-order valence-corrected chi connectivity index (χ2v) is 5.78. The van der Waals surface area contributed by atoms with E-state index in [-0.39, 0.29) is 11.9 Å². The van der Waals surface area contributed by atoms with Crippen LogP contribution in [0.5, 0.6) is 0 Å². The minimum absolute atomic E-state index is 0.0441. The van der Waals surface area contributed by atoms with E-state index in [1.54, 1.807) is 0 Å². The molecule has 0 aliphatic carbocycles. The maximum atomic E-state index is 12.4. The Labute approximate surface area is 135 Å². The summed E-state index contributed by atoms with van der Waals surface area (Å²) in [5.74, 6) is 0.613. The van der Waals surface area contributed by atoms with Crippen molar-refractivity contribution in [2.24, 2.45) is 0 Å². The van der Waals surface area contributed by atoms with Gasteiger partial charge in [-0.05, 0) is 56.6 Å². The van der Waals surface area contributed by atoms with Gasteiger partial charge in [0.25, 0.3) is 5.91 Å². The molecule has 1 aliphatic rings. The number of aryl methyl sites for hydroxylation is 1. The van der Waals surface area contributed by atoms with E-state index in [4.69, 9.17) is 0 Å². The van der Waals surface area contributed by atoms with E-state index in [1.807, 2.05) is 43.3 Å². The van der Waals surface area contributed by atoms with E-state index in [1.165, 1.54) is 0 Å². The fourth-order valence-electron chi connectivity index (χ4n) is 2.60. The number of carbonyl (C=O) groups excluding carboxylic acids is 1. The molecule has 120 valence electrons. The normalized spacial score (nSPS) is 17.5. The van der Waals surface area contributed by atoms with E-state index in [0.717, 1.165) is 37.3 Å². The zero-order chi connectivity index (χ0) is 16.1. The third kappa shape index (κ3) is 4.26. The molecular weight excluding hydrogens is 290 g/mol. The Morgan fingerprint density at radius 1 is 1.26 bits per heavy atom.